The van der Waals surface area contributed by atoms with Crippen molar-refractivity contribution in [2.75, 3.05) is 37.0 Å². The van der Waals surface area contributed by atoms with E-state index >= 15 is 0 Å². The fraction of sp³-hybridized carbons (Fsp3) is 0.633. The number of carbonyl (C=O) groups excluding carboxylic acids is 2. The van der Waals surface area contributed by atoms with Crippen molar-refractivity contribution in [3.8, 4) is 0 Å². The Kier molecular flexibility index (Phi) is 7.16. The molecule has 8 heteroatoms. The maximum atomic E-state index is 13.4. The fourth-order valence-corrected chi connectivity index (χ4v) is 7.13. The Hall–Kier alpha value is -2.87. The number of fused-ring (bicyclic) bond motifs is 2. The summed E-state index contributed by atoms with van der Waals surface area (Å²) in [7, 11) is 4.02. The Bertz CT molecular complexity index is 1170. The molecule has 2 saturated carbocycles. The molecule has 0 radical (unpaired) electrons. The number of nitrogens with zero attached hydrogens (tertiary/aromatic N) is 6. The molecule has 4 aliphatic rings. The number of hydrogen-bond acceptors (Lipinski definition) is 7. The molecule has 0 unspecified atom stereocenters. The molecule has 4 heterocycles. The van der Waals surface area contributed by atoms with Crippen LogP contribution in [0.25, 0.3) is 0 Å². The molecule has 2 aliphatic heterocycles. The molecular formula is C30H40N6O2. The largest absolute Gasteiger partial charge is 0.348 e. The molecule has 0 bridgehead atoms. The monoisotopic (exact) mass is 516 g/mol. The van der Waals surface area contributed by atoms with Gasteiger partial charge >= 0.3 is 0 Å². The van der Waals surface area contributed by atoms with Crippen molar-refractivity contribution < 1.29 is 9.59 Å². The number of Topliss-reactive ketones (excluding diaryl/α,β-unsaturated/α-hetero) is 1. The Morgan fingerprint density at radius 2 is 1.74 bits per heavy atom. The second-order valence-corrected chi connectivity index (χ2v) is 11.9. The van der Waals surface area contributed by atoms with Gasteiger partial charge in [-0.25, -0.2) is 9.97 Å². The number of anilines is 2. The first-order valence-corrected chi connectivity index (χ1v) is 14.6. The van der Waals surface area contributed by atoms with E-state index in [0.717, 1.165) is 75.2 Å². The summed E-state index contributed by atoms with van der Waals surface area (Å²) < 4.78 is 0. The highest BCUT2D eigenvalue weighted by atomic mass is 16.2. The Morgan fingerprint density at radius 3 is 2.47 bits per heavy atom. The summed E-state index contributed by atoms with van der Waals surface area (Å²) in [6.07, 6.45) is 14.7. The molecule has 1 amide bonds. The van der Waals surface area contributed by atoms with Crippen LogP contribution in [-0.2, 0) is 11.2 Å². The number of hydrogen-bond donors (Lipinski definition) is 0. The van der Waals surface area contributed by atoms with Crippen molar-refractivity contribution in [2.24, 2.45) is 11.8 Å². The quantitative estimate of drug-likeness (QED) is 0.530. The zero-order chi connectivity index (χ0) is 26.2. The first kappa shape index (κ1) is 25.4. The van der Waals surface area contributed by atoms with E-state index in [1.54, 1.807) is 11.1 Å². The minimum Gasteiger partial charge on any atom is -0.348 e. The van der Waals surface area contributed by atoms with Gasteiger partial charge < -0.3 is 14.7 Å². The van der Waals surface area contributed by atoms with Crippen LogP contribution in [0.2, 0.25) is 0 Å². The number of amides is 1. The molecule has 3 fully saturated rings. The lowest BCUT2D eigenvalue weighted by atomic mass is 9.90. The van der Waals surface area contributed by atoms with Crippen molar-refractivity contribution in [3.63, 3.8) is 0 Å². The van der Waals surface area contributed by atoms with E-state index < -0.39 is 0 Å². The van der Waals surface area contributed by atoms with Crippen LogP contribution in [0.5, 0.6) is 0 Å². The molecule has 0 aromatic carbocycles. The minimum atomic E-state index is 0.0412. The number of piperidine rings is 1. The van der Waals surface area contributed by atoms with Gasteiger partial charge in [-0.1, -0.05) is 19.3 Å². The highest BCUT2D eigenvalue weighted by Crippen LogP contribution is 2.44. The van der Waals surface area contributed by atoms with Crippen LogP contribution >= 0.6 is 0 Å². The molecule has 2 aromatic heterocycles. The fourth-order valence-electron chi connectivity index (χ4n) is 7.13. The minimum absolute atomic E-state index is 0.0412. The smallest absolute Gasteiger partial charge is 0.232 e. The number of carbonyl (C=O) groups is 2. The Labute approximate surface area is 225 Å². The molecule has 0 N–H and O–H groups in total. The standard InChI is InChI=1S/C30H40N6O2/c1-34-14-12-20(13-15-34)16-27(37)21-10-11-22(31-18-21)17-28-32-19-26-29(33-28)36(23-6-3-4-7-23)25-9-5-8-24(25)30(38)35(26)2/h10-11,18-20,23-25H,3-9,12-17H2,1-2H3/t24-,25+/m0/s1. The van der Waals surface area contributed by atoms with Crippen molar-refractivity contribution in [3.05, 3.63) is 41.6 Å². The van der Waals surface area contributed by atoms with E-state index in [9.17, 15) is 9.59 Å². The zero-order valence-corrected chi connectivity index (χ0v) is 22.8. The number of pyridine rings is 1. The van der Waals surface area contributed by atoms with Gasteiger partial charge in [0.05, 0.1) is 18.5 Å². The Balaban J connectivity index is 1.21. The molecule has 38 heavy (non-hydrogen) atoms. The van der Waals surface area contributed by atoms with Crippen LogP contribution in [0.15, 0.2) is 24.5 Å². The first-order chi connectivity index (χ1) is 18.5. The molecule has 2 aliphatic carbocycles. The van der Waals surface area contributed by atoms with Crippen LogP contribution < -0.4 is 9.80 Å². The van der Waals surface area contributed by atoms with Crippen molar-refractivity contribution in [1.29, 1.82) is 0 Å². The normalized spacial score (nSPS) is 24.9. The van der Waals surface area contributed by atoms with Gasteiger partial charge in [-0.05, 0) is 76.7 Å². The molecule has 1 saturated heterocycles. The average molecular weight is 517 g/mol. The number of ketones is 1. The van der Waals surface area contributed by atoms with Gasteiger partial charge in [0.2, 0.25) is 5.91 Å². The maximum Gasteiger partial charge on any atom is 0.232 e. The topological polar surface area (TPSA) is 82.5 Å². The predicted octanol–water partition coefficient (Wildman–Crippen LogP) is 4.27. The van der Waals surface area contributed by atoms with Gasteiger partial charge in [0.25, 0.3) is 0 Å². The van der Waals surface area contributed by atoms with E-state index in [2.05, 4.69) is 26.8 Å². The van der Waals surface area contributed by atoms with E-state index in [1.165, 1.54) is 12.8 Å². The van der Waals surface area contributed by atoms with E-state index in [1.807, 2.05) is 25.4 Å². The number of aromatic nitrogens is 3. The molecule has 6 rings (SSSR count). The second kappa shape index (κ2) is 10.7. The summed E-state index contributed by atoms with van der Waals surface area (Å²) in [6.45, 7) is 2.14. The third kappa shape index (κ3) is 4.95. The van der Waals surface area contributed by atoms with Gasteiger partial charge in [0.1, 0.15) is 11.5 Å². The van der Waals surface area contributed by atoms with E-state index in [-0.39, 0.29) is 23.7 Å². The van der Waals surface area contributed by atoms with Crippen molar-refractivity contribution in [2.45, 2.75) is 82.7 Å². The van der Waals surface area contributed by atoms with Gasteiger partial charge in [-0.3, -0.25) is 14.6 Å². The van der Waals surface area contributed by atoms with Crippen LogP contribution in [0.1, 0.15) is 86.1 Å². The number of rotatable bonds is 6. The molecule has 8 nitrogen and oxygen atoms in total. The predicted molar refractivity (Wildman–Crippen MR) is 148 cm³/mol. The SMILES string of the molecule is CN1CCC(CC(=O)c2ccc(Cc3ncc4c(n3)N(C3CCCC3)[C@@H]3CCC[C@@H]3C(=O)N4C)nc2)CC1. The summed E-state index contributed by atoms with van der Waals surface area (Å²) in [5, 5.41) is 0. The molecular weight excluding hydrogens is 476 g/mol. The third-order valence-corrected chi connectivity index (χ3v) is 9.41. The highest BCUT2D eigenvalue weighted by molar-refractivity contribution is 5.99. The summed E-state index contributed by atoms with van der Waals surface area (Å²) in [5.74, 6) is 2.52. The van der Waals surface area contributed by atoms with Gasteiger partial charge in [0.15, 0.2) is 11.6 Å². The van der Waals surface area contributed by atoms with Crippen LogP contribution in [0, 0.1) is 11.8 Å². The van der Waals surface area contributed by atoms with E-state index in [4.69, 9.17) is 4.98 Å². The van der Waals surface area contributed by atoms with Crippen LogP contribution in [-0.4, -0.2) is 70.8 Å². The average Bonchev–Trinajstić information content (AvgIpc) is 3.62. The first-order valence-electron chi connectivity index (χ1n) is 14.6. The molecule has 202 valence electrons. The summed E-state index contributed by atoms with van der Waals surface area (Å²) in [6, 6.07) is 4.51. The summed E-state index contributed by atoms with van der Waals surface area (Å²) in [4.78, 5) is 47.2. The third-order valence-electron chi connectivity index (χ3n) is 9.41. The Morgan fingerprint density at radius 1 is 0.947 bits per heavy atom. The van der Waals surface area contributed by atoms with Crippen molar-refractivity contribution >= 4 is 23.2 Å². The van der Waals surface area contributed by atoms with E-state index in [0.29, 0.717) is 36.2 Å². The highest BCUT2D eigenvalue weighted by Gasteiger charge is 2.45. The zero-order valence-electron chi connectivity index (χ0n) is 22.8. The lowest BCUT2D eigenvalue weighted by molar-refractivity contribution is -0.122. The lowest BCUT2D eigenvalue weighted by Gasteiger charge is -2.36. The van der Waals surface area contributed by atoms with Crippen molar-refractivity contribution in [1.82, 2.24) is 19.9 Å². The van der Waals surface area contributed by atoms with Crippen LogP contribution in [0.3, 0.4) is 0 Å². The van der Waals surface area contributed by atoms with Gasteiger partial charge in [-0.2, -0.15) is 0 Å². The molecule has 0 spiro atoms. The summed E-state index contributed by atoms with van der Waals surface area (Å²) in [5.41, 5.74) is 2.36. The van der Waals surface area contributed by atoms with Gasteiger partial charge in [0, 0.05) is 43.0 Å². The molecule has 2 atom stereocenters. The lowest BCUT2D eigenvalue weighted by Crippen LogP contribution is -2.46. The molecule has 2 aromatic rings. The van der Waals surface area contributed by atoms with Gasteiger partial charge in [-0.15, -0.1) is 0 Å². The number of likely N-dealkylation sites (tertiary alicyclic amines) is 1. The maximum absolute atomic E-state index is 13.4. The van der Waals surface area contributed by atoms with Crippen LogP contribution in [0.4, 0.5) is 11.5 Å². The second-order valence-electron chi connectivity index (χ2n) is 11.9. The summed E-state index contributed by atoms with van der Waals surface area (Å²) >= 11 is 0.